The minimum atomic E-state index is 0. The summed E-state index contributed by atoms with van der Waals surface area (Å²) >= 11 is 24.2. The fourth-order valence-corrected chi connectivity index (χ4v) is 4.11. The maximum atomic E-state index is 6.13. The highest BCUT2D eigenvalue weighted by Gasteiger charge is 2.15. The largest absolute Gasteiger partial charge is 0.368 e. The summed E-state index contributed by atoms with van der Waals surface area (Å²) in [5, 5.41) is 9.18. The van der Waals surface area contributed by atoms with Crippen molar-refractivity contribution < 1.29 is 0 Å². The van der Waals surface area contributed by atoms with Crippen LogP contribution in [0.3, 0.4) is 0 Å². The smallest absolute Gasteiger partial charge is 0.0825 e. The molecule has 2 heterocycles. The molecule has 168 valence electrons. The van der Waals surface area contributed by atoms with Crippen LogP contribution in [0.25, 0.3) is 0 Å². The molecule has 2 saturated heterocycles. The lowest BCUT2D eigenvalue weighted by atomic mass is 10.2. The molecule has 2 N–H and O–H groups in total. The number of hydrogen-bond acceptors (Lipinski definition) is 4. The van der Waals surface area contributed by atoms with Gasteiger partial charge in [0.15, 0.2) is 0 Å². The van der Waals surface area contributed by atoms with Gasteiger partial charge in [-0.05, 0) is 24.3 Å². The quantitative estimate of drug-likeness (QED) is 0.521. The van der Waals surface area contributed by atoms with E-state index in [9.17, 15) is 0 Å². The summed E-state index contributed by atoms with van der Waals surface area (Å²) in [7, 11) is 0. The Bertz CT molecular complexity index is 714. The van der Waals surface area contributed by atoms with Crippen LogP contribution in [0.4, 0.5) is 11.4 Å². The van der Waals surface area contributed by atoms with Gasteiger partial charge in [0, 0.05) is 52.4 Å². The van der Waals surface area contributed by atoms with Crippen LogP contribution in [0.2, 0.25) is 20.1 Å². The average molecular weight is 535 g/mol. The van der Waals surface area contributed by atoms with Gasteiger partial charge in [0.05, 0.1) is 31.5 Å². The molecule has 2 aromatic rings. The number of anilines is 2. The molecule has 0 aliphatic carbocycles. The van der Waals surface area contributed by atoms with Gasteiger partial charge in [-0.3, -0.25) is 0 Å². The first kappa shape index (κ1) is 27.7. The predicted molar refractivity (Wildman–Crippen MR) is 138 cm³/mol. The van der Waals surface area contributed by atoms with E-state index in [4.69, 9.17) is 46.4 Å². The SMILES string of the molecule is Cl.Cl.Clc1cccc(N2CCNCC2)c1Cl.Clc1cccc(N2CCNCC2)c1Cl. The molecular weight excluding hydrogens is 509 g/mol. The van der Waals surface area contributed by atoms with Crippen LogP contribution in [-0.2, 0) is 0 Å². The Balaban J connectivity index is 0.000000281. The van der Waals surface area contributed by atoms with Gasteiger partial charge < -0.3 is 20.4 Å². The molecule has 0 bridgehead atoms. The second kappa shape index (κ2) is 14.0. The zero-order valence-corrected chi connectivity index (χ0v) is 21.0. The minimum Gasteiger partial charge on any atom is -0.368 e. The second-order valence-electron chi connectivity index (χ2n) is 6.62. The van der Waals surface area contributed by atoms with Gasteiger partial charge in [-0.2, -0.15) is 0 Å². The summed E-state index contributed by atoms with van der Waals surface area (Å²) in [4.78, 5) is 4.51. The van der Waals surface area contributed by atoms with Gasteiger partial charge in [-0.15, -0.1) is 24.8 Å². The van der Waals surface area contributed by atoms with Crippen molar-refractivity contribution in [3.05, 3.63) is 56.5 Å². The van der Waals surface area contributed by atoms with Crippen LogP contribution in [-0.4, -0.2) is 52.4 Å². The monoisotopic (exact) mass is 532 g/mol. The average Bonchev–Trinajstić information content (AvgIpc) is 2.74. The summed E-state index contributed by atoms with van der Waals surface area (Å²) in [6.45, 7) is 7.96. The van der Waals surface area contributed by atoms with Crippen molar-refractivity contribution in [3.8, 4) is 0 Å². The second-order valence-corrected chi connectivity index (χ2v) is 8.19. The molecule has 2 aliphatic rings. The fourth-order valence-electron chi connectivity index (χ4n) is 3.28. The van der Waals surface area contributed by atoms with E-state index >= 15 is 0 Å². The fraction of sp³-hybridized carbons (Fsp3) is 0.400. The number of nitrogens with one attached hydrogen (secondary N) is 2. The van der Waals surface area contributed by atoms with Crippen LogP contribution in [0.1, 0.15) is 0 Å². The molecule has 0 spiro atoms. The number of hydrogen-bond donors (Lipinski definition) is 2. The van der Waals surface area contributed by atoms with Crippen molar-refractivity contribution >= 4 is 82.6 Å². The van der Waals surface area contributed by atoms with Crippen LogP contribution >= 0.6 is 71.2 Å². The van der Waals surface area contributed by atoms with E-state index in [-0.39, 0.29) is 24.8 Å². The summed E-state index contributed by atoms with van der Waals surface area (Å²) in [5.74, 6) is 0. The van der Waals surface area contributed by atoms with Gasteiger partial charge in [0.2, 0.25) is 0 Å². The summed E-state index contributed by atoms with van der Waals surface area (Å²) in [6.07, 6.45) is 0. The van der Waals surface area contributed by atoms with Crippen LogP contribution in [0, 0.1) is 0 Å². The number of halogens is 6. The third kappa shape index (κ3) is 7.39. The van der Waals surface area contributed by atoms with Crippen molar-refractivity contribution in [2.45, 2.75) is 0 Å². The molecule has 4 rings (SSSR count). The van der Waals surface area contributed by atoms with Gasteiger partial charge >= 0.3 is 0 Å². The summed E-state index contributed by atoms with van der Waals surface area (Å²) < 4.78 is 0. The van der Waals surface area contributed by atoms with Gasteiger partial charge in [0.1, 0.15) is 0 Å². The van der Waals surface area contributed by atoms with E-state index in [1.54, 1.807) is 0 Å². The Labute approximate surface area is 211 Å². The molecule has 0 radical (unpaired) electrons. The molecule has 2 fully saturated rings. The van der Waals surface area contributed by atoms with Crippen LogP contribution in [0.15, 0.2) is 36.4 Å². The minimum absolute atomic E-state index is 0. The van der Waals surface area contributed by atoms with Gasteiger partial charge in [-0.1, -0.05) is 58.5 Å². The van der Waals surface area contributed by atoms with E-state index in [0.717, 1.165) is 63.7 Å². The Morgan fingerprint density at radius 1 is 0.567 bits per heavy atom. The first-order valence-electron chi connectivity index (χ1n) is 9.37. The lowest BCUT2D eigenvalue weighted by Gasteiger charge is -2.30. The zero-order valence-electron chi connectivity index (χ0n) is 16.3. The molecule has 0 amide bonds. The number of rotatable bonds is 2. The van der Waals surface area contributed by atoms with Crippen molar-refractivity contribution in [1.29, 1.82) is 0 Å². The molecule has 0 unspecified atom stereocenters. The van der Waals surface area contributed by atoms with Crippen molar-refractivity contribution in [3.63, 3.8) is 0 Å². The standard InChI is InChI=1S/2C10H12Cl2N2.2ClH/c2*11-8-2-1-3-9(10(8)12)14-6-4-13-5-7-14;;/h2*1-3,13H,4-7H2;2*1H. The highest BCUT2D eigenvalue weighted by atomic mass is 35.5. The summed E-state index contributed by atoms with van der Waals surface area (Å²) in [5.41, 5.74) is 2.08. The topological polar surface area (TPSA) is 30.5 Å². The Hall–Kier alpha value is -0.300. The Morgan fingerprint density at radius 3 is 1.23 bits per heavy atom. The van der Waals surface area contributed by atoms with Crippen LogP contribution in [0.5, 0.6) is 0 Å². The van der Waals surface area contributed by atoms with Crippen molar-refractivity contribution in [2.24, 2.45) is 0 Å². The number of nitrogens with zero attached hydrogens (tertiary/aromatic N) is 2. The van der Waals surface area contributed by atoms with Crippen LogP contribution < -0.4 is 20.4 Å². The first-order valence-corrected chi connectivity index (χ1v) is 10.9. The van der Waals surface area contributed by atoms with E-state index in [0.29, 0.717) is 20.1 Å². The molecule has 30 heavy (non-hydrogen) atoms. The van der Waals surface area contributed by atoms with E-state index in [2.05, 4.69) is 20.4 Å². The van der Waals surface area contributed by atoms with Gasteiger partial charge in [-0.25, -0.2) is 0 Å². The van der Waals surface area contributed by atoms with Gasteiger partial charge in [0.25, 0.3) is 0 Å². The molecule has 2 aromatic carbocycles. The third-order valence-corrected chi connectivity index (χ3v) is 6.40. The zero-order chi connectivity index (χ0) is 19.9. The predicted octanol–water partition coefficient (Wildman–Crippen LogP) is 5.65. The third-order valence-electron chi connectivity index (χ3n) is 4.78. The molecule has 2 aliphatic heterocycles. The van der Waals surface area contributed by atoms with E-state index in [1.807, 2.05) is 36.4 Å². The Kier molecular flexibility index (Phi) is 12.9. The lowest BCUT2D eigenvalue weighted by Crippen LogP contribution is -2.43. The lowest BCUT2D eigenvalue weighted by molar-refractivity contribution is 0.589. The van der Waals surface area contributed by atoms with Crippen molar-refractivity contribution in [2.75, 3.05) is 62.2 Å². The maximum absolute atomic E-state index is 6.13. The molecule has 4 nitrogen and oxygen atoms in total. The number of benzene rings is 2. The molecular formula is C20H26Cl6N4. The number of piperazine rings is 2. The summed E-state index contributed by atoms with van der Waals surface area (Å²) in [6, 6.07) is 11.5. The maximum Gasteiger partial charge on any atom is 0.0825 e. The van der Waals surface area contributed by atoms with Crippen molar-refractivity contribution in [1.82, 2.24) is 10.6 Å². The Morgan fingerprint density at radius 2 is 0.900 bits per heavy atom. The molecule has 10 heteroatoms. The van der Waals surface area contributed by atoms with E-state index in [1.165, 1.54) is 0 Å². The molecule has 0 aromatic heterocycles. The molecule has 0 saturated carbocycles. The first-order chi connectivity index (χ1) is 13.6. The molecule has 0 atom stereocenters. The highest BCUT2D eigenvalue weighted by molar-refractivity contribution is 6.44. The van der Waals surface area contributed by atoms with E-state index < -0.39 is 0 Å². The normalized spacial score (nSPS) is 16.0. The highest BCUT2D eigenvalue weighted by Crippen LogP contribution is 2.33.